The first kappa shape index (κ1) is 18.8. The van der Waals surface area contributed by atoms with Gasteiger partial charge in [-0.3, -0.25) is 4.79 Å². The highest BCUT2D eigenvalue weighted by atomic mass is 79.9. The summed E-state index contributed by atoms with van der Waals surface area (Å²) in [5, 5.41) is 10.2. The first-order valence-electron chi connectivity index (χ1n) is 8.56. The van der Waals surface area contributed by atoms with Crippen LogP contribution in [0.5, 0.6) is 0 Å². The van der Waals surface area contributed by atoms with Crippen molar-refractivity contribution in [2.45, 2.75) is 27.2 Å². The average molecular weight is 433 g/mol. The summed E-state index contributed by atoms with van der Waals surface area (Å²) in [5.74, 6) is 0.331. The fraction of sp³-hybridized carbons (Fsp3) is 0.316. The van der Waals surface area contributed by atoms with Crippen LogP contribution in [0.25, 0.3) is 16.4 Å². The van der Waals surface area contributed by atoms with Gasteiger partial charge in [-0.15, -0.1) is 11.3 Å². The number of aromatic nitrogens is 3. The molecule has 0 spiro atoms. The number of thiazole rings is 1. The quantitative estimate of drug-likeness (QED) is 0.613. The van der Waals surface area contributed by atoms with Crippen LogP contribution in [0.2, 0.25) is 0 Å². The number of nitrogens with zero attached hydrogens (tertiary/aromatic N) is 3. The molecule has 3 rings (SSSR count). The van der Waals surface area contributed by atoms with Gasteiger partial charge in [0.25, 0.3) is 5.91 Å². The number of carbonyl (C=O) groups is 1. The Morgan fingerprint density at radius 1 is 1.31 bits per heavy atom. The number of benzene rings is 1. The van der Waals surface area contributed by atoms with E-state index in [4.69, 9.17) is 4.98 Å². The highest BCUT2D eigenvalue weighted by Crippen LogP contribution is 2.26. The lowest BCUT2D eigenvalue weighted by Gasteiger charge is -2.08. The van der Waals surface area contributed by atoms with Crippen molar-refractivity contribution in [1.82, 2.24) is 20.1 Å². The van der Waals surface area contributed by atoms with Gasteiger partial charge in [-0.2, -0.15) is 5.10 Å². The van der Waals surface area contributed by atoms with Crippen molar-refractivity contribution in [2.75, 3.05) is 6.54 Å². The van der Waals surface area contributed by atoms with Crippen LogP contribution >= 0.6 is 27.3 Å². The van der Waals surface area contributed by atoms with E-state index in [1.165, 1.54) is 11.3 Å². The van der Waals surface area contributed by atoms with Gasteiger partial charge in [0.2, 0.25) is 5.13 Å². The molecule has 7 heteroatoms. The number of rotatable bonds is 6. The fourth-order valence-electron chi connectivity index (χ4n) is 2.58. The summed E-state index contributed by atoms with van der Waals surface area (Å²) in [7, 11) is 0. The summed E-state index contributed by atoms with van der Waals surface area (Å²) in [6.07, 6.45) is 2.34. The first-order valence-corrected chi connectivity index (χ1v) is 10.2. The molecule has 1 N–H and O–H groups in total. The van der Waals surface area contributed by atoms with Crippen LogP contribution in [0.1, 0.15) is 36.8 Å². The van der Waals surface area contributed by atoms with Gasteiger partial charge in [0.05, 0.1) is 23.1 Å². The Balaban J connectivity index is 1.88. The Kier molecular flexibility index (Phi) is 5.88. The van der Waals surface area contributed by atoms with E-state index in [9.17, 15) is 4.79 Å². The summed E-state index contributed by atoms with van der Waals surface area (Å²) >= 11 is 4.97. The van der Waals surface area contributed by atoms with Crippen LogP contribution in [-0.2, 0) is 6.42 Å². The summed E-state index contributed by atoms with van der Waals surface area (Å²) in [5.41, 5.74) is 3.45. The van der Waals surface area contributed by atoms with E-state index in [0.717, 1.165) is 26.6 Å². The lowest BCUT2D eigenvalue weighted by molar-refractivity contribution is 0.0948. The van der Waals surface area contributed by atoms with Gasteiger partial charge in [0, 0.05) is 22.0 Å². The van der Waals surface area contributed by atoms with Crippen molar-refractivity contribution in [3.05, 3.63) is 51.6 Å². The van der Waals surface area contributed by atoms with Crippen molar-refractivity contribution in [3.8, 4) is 16.4 Å². The second-order valence-corrected chi connectivity index (χ2v) is 8.15. The van der Waals surface area contributed by atoms with Crippen molar-refractivity contribution >= 4 is 33.2 Å². The number of halogens is 1. The molecule has 0 saturated carbocycles. The largest absolute Gasteiger partial charge is 0.352 e. The molecule has 0 aliphatic heterocycles. The monoisotopic (exact) mass is 432 g/mol. The molecule has 136 valence electrons. The Hall–Kier alpha value is -1.99. The second-order valence-electron chi connectivity index (χ2n) is 6.40. The Labute approximate surface area is 165 Å². The van der Waals surface area contributed by atoms with Crippen molar-refractivity contribution in [1.29, 1.82) is 0 Å². The Morgan fingerprint density at radius 3 is 2.69 bits per heavy atom. The molecule has 0 fully saturated rings. The molecular weight excluding hydrogens is 412 g/mol. The summed E-state index contributed by atoms with van der Waals surface area (Å²) in [6.45, 7) is 6.82. The topological polar surface area (TPSA) is 59.8 Å². The molecule has 0 bridgehead atoms. The van der Waals surface area contributed by atoms with Gasteiger partial charge >= 0.3 is 0 Å². The van der Waals surface area contributed by atoms with E-state index in [-0.39, 0.29) is 5.91 Å². The molecule has 1 amide bonds. The zero-order chi connectivity index (χ0) is 18.7. The van der Waals surface area contributed by atoms with Gasteiger partial charge in [-0.1, -0.05) is 48.8 Å². The van der Waals surface area contributed by atoms with Gasteiger partial charge < -0.3 is 5.32 Å². The third kappa shape index (κ3) is 4.04. The zero-order valence-corrected chi connectivity index (χ0v) is 17.4. The molecule has 0 atom stereocenters. The molecule has 0 aliphatic rings. The van der Waals surface area contributed by atoms with E-state index in [0.29, 0.717) is 24.4 Å². The van der Waals surface area contributed by atoms with Gasteiger partial charge in [-0.25, -0.2) is 9.67 Å². The SMILES string of the molecule is CCc1c(C(=O)NCC(C)C)cnn1-c1nc(-c2ccc(Br)cc2)cs1. The maximum Gasteiger partial charge on any atom is 0.254 e. The second kappa shape index (κ2) is 8.14. The van der Waals surface area contributed by atoms with Crippen LogP contribution in [0, 0.1) is 5.92 Å². The molecule has 2 heterocycles. The van der Waals surface area contributed by atoms with Crippen LogP contribution in [0.3, 0.4) is 0 Å². The molecule has 0 unspecified atom stereocenters. The van der Waals surface area contributed by atoms with Gasteiger partial charge in [0.15, 0.2) is 0 Å². The van der Waals surface area contributed by atoms with Crippen LogP contribution in [0.4, 0.5) is 0 Å². The van der Waals surface area contributed by atoms with E-state index < -0.39 is 0 Å². The number of nitrogens with one attached hydrogen (secondary N) is 1. The van der Waals surface area contributed by atoms with Crippen molar-refractivity contribution < 1.29 is 4.79 Å². The molecule has 2 aromatic heterocycles. The third-order valence-corrected chi connectivity index (χ3v) is 5.28. The summed E-state index contributed by atoms with van der Waals surface area (Å²) < 4.78 is 2.81. The van der Waals surface area contributed by atoms with Gasteiger partial charge in [0.1, 0.15) is 0 Å². The molecule has 0 radical (unpaired) electrons. The summed E-state index contributed by atoms with van der Waals surface area (Å²) in [4.78, 5) is 17.2. The lowest BCUT2D eigenvalue weighted by Crippen LogP contribution is -2.28. The molecule has 0 saturated heterocycles. The maximum atomic E-state index is 12.4. The van der Waals surface area contributed by atoms with E-state index >= 15 is 0 Å². The highest BCUT2D eigenvalue weighted by molar-refractivity contribution is 9.10. The van der Waals surface area contributed by atoms with Crippen LogP contribution in [0.15, 0.2) is 40.3 Å². The number of carbonyl (C=O) groups excluding carboxylic acids is 1. The number of hydrogen-bond donors (Lipinski definition) is 1. The highest BCUT2D eigenvalue weighted by Gasteiger charge is 2.19. The average Bonchev–Trinajstić information content (AvgIpc) is 3.26. The minimum absolute atomic E-state index is 0.0773. The molecule has 1 aromatic carbocycles. The predicted molar refractivity (Wildman–Crippen MR) is 109 cm³/mol. The summed E-state index contributed by atoms with van der Waals surface area (Å²) in [6, 6.07) is 8.04. The maximum absolute atomic E-state index is 12.4. The van der Waals surface area contributed by atoms with Gasteiger partial charge in [-0.05, 0) is 24.5 Å². The minimum Gasteiger partial charge on any atom is -0.352 e. The predicted octanol–water partition coefficient (Wildman–Crippen LogP) is 4.71. The number of hydrogen-bond acceptors (Lipinski definition) is 4. The lowest BCUT2D eigenvalue weighted by atomic mass is 10.1. The minimum atomic E-state index is -0.0773. The zero-order valence-electron chi connectivity index (χ0n) is 15.0. The Morgan fingerprint density at radius 2 is 2.04 bits per heavy atom. The molecule has 26 heavy (non-hydrogen) atoms. The van der Waals surface area contributed by atoms with Crippen LogP contribution < -0.4 is 5.32 Å². The van der Waals surface area contributed by atoms with E-state index in [1.807, 2.05) is 36.6 Å². The van der Waals surface area contributed by atoms with Crippen molar-refractivity contribution in [2.24, 2.45) is 5.92 Å². The molecular formula is C19H21BrN4OS. The molecule has 5 nitrogen and oxygen atoms in total. The Bertz CT molecular complexity index is 899. The van der Waals surface area contributed by atoms with Crippen LogP contribution in [-0.4, -0.2) is 27.2 Å². The first-order chi connectivity index (χ1) is 12.5. The molecule has 0 aliphatic carbocycles. The standard InChI is InChI=1S/C19H21BrN4OS/c1-4-17-15(18(25)21-9-12(2)3)10-22-24(17)19-23-16(11-26-19)13-5-7-14(20)8-6-13/h5-8,10-12H,4,9H2,1-3H3,(H,21,25). The smallest absolute Gasteiger partial charge is 0.254 e. The van der Waals surface area contributed by atoms with E-state index in [2.05, 4.69) is 40.2 Å². The fourth-order valence-corrected chi connectivity index (χ4v) is 3.65. The van der Waals surface area contributed by atoms with Crippen molar-refractivity contribution in [3.63, 3.8) is 0 Å². The normalized spacial score (nSPS) is 11.1. The number of amides is 1. The molecule has 3 aromatic rings. The third-order valence-electron chi connectivity index (χ3n) is 3.93. The van der Waals surface area contributed by atoms with E-state index in [1.54, 1.807) is 10.9 Å².